The summed E-state index contributed by atoms with van der Waals surface area (Å²) in [5.41, 5.74) is 2.07. The van der Waals surface area contributed by atoms with Crippen LogP contribution in [-0.4, -0.2) is 70.6 Å². The number of rotatable bonds is 8. The van der Waals surface area contributed by atoms with Crippen LogP contribution in [0.25, 0.3) is 11.0 Å². The van der Waals surface area contributed by atoms with Crippen LogP contribution in [0.1, 0.15) is 32.9 Å². The predicted molar refractivity (Wildman–Crippen MR) is 107 cm³/mol. The van der Waals surface area contributed by atoms with Crippen LogP contribution in [0.15, 0.2) is 4.79 Å². The number of H-pyrrole nitrogens is 1. The molecule has 3 rings (SSSR count). The predicted octanol–water partition coefficient (Wildman–Crippen LogP) is 1.40. The summed E-state index contributed by atoms with van der Waals surface area (Å²) in [7, 11) is 1.81. The summed E-state index contributed by atoms with van der Waals surface area (Å²) in [4.78, 5) is 25.2. The summed E-state index contributed by atoms with van der Waals surface area (Å²) in [6.07, 6.45) is 1.80. The molecule has 0 spiro atoms. The number of ether oxygens (including phenoxy) is 1. The second-order valence-electron chi connectivity index (χ2n) is 7.70. The maximum atomic E-state index is 12.7. The number of morpholine rings is 1. The highest BCUT2D eigenvalue weighted by molar-refractivity contribution is 5.77. The molecule has 3 heterocycles. The molecule has 150 valence electrons. The molecule has 27 heavy (non-hydrogen) atoms. The first kappa shape index (κ1) is 19.8. The highest BCUT2D eigenvalue weighted by Gasteiger charge is 2.19. The number of hydrogen-bond donors (Lipinski definition) is 1. The van der Waals surface area contributed by atoms with Crippen molar-refractivity contribution in [3.63, 3.8) is 0 Å². The summed E-state index contributed by atoms with van der Waals surface area (Å²) in [5, 5.41) is 4.51. The normalized spacial score (nSPS) is 15.7. The van der Waals surface area contributed by atoms with Crippen LogP contribution >= 0.6 is 0 Å². The monoisotopic (exact) mass is 376 g/mol. The van der Waals surface area contributed by atoms with Gasteiger partial charge in [-0.2, -0.15) is 5.10 Å². The van der Waals surface area contributed by atoms with Gasteiger partial charge in [0, 0.05) is 39.8 Å². The lowest BCUT2D eigenvalue weighted by molar-refractivity contribution is 0.0391. The first-order valence-electron chi connectivity index (χ1n) is 10.0. The molecule has 0 radical (unpaired) electrons. The number of aromatic amines is 1. The van der Waals surface area contributed by atoms with Gasteiger partial charge in [0.05, 0.1) is 18.9 Å². The van der Waals surface area contributed by atoms with E-state index in [-0.39, 0.29) is 5.56 Å². The van der Waals surface area contributed by atoms with E-state index in [4.69, 9.17) is 9.72 Å². The van der Waals surface area contributed by atoms with E-state index in [1.165, 1.54) is 0 Å². The quantitative estimate of drug-likeness (QED) is 0.750. The molecule has 1 saturated heterocycles. The van der Waals surface area contributed by atoms with Gasteiger partial charge >= 0.3 is 0 Å². The second-order valence-corrected chi connectivity index (χ2v) is 7.70. The van der Waals surface area contributed by atoms with E-state index in [2.05, 4.69) is 40.7 Å². The molecule has 1 aliphatic heterocycles. The Hall–Kier alpha value is -1.93. The van der Waals surface area contributed by atoms with Gasteiger partial charge in [0.25, 0.3) is 5.56 Å². The Labute approximate surface area is 160 Å². The molecule has 2 aromatic heterocycles. The summed E-state index contributed by atoms with van der Waals surface area (Å²) in [6.45, 7) is 12.6. The van der Waals surface area contributed by atoms with Crippen molar-refractivity contribution in [2.24, 2.45) is 13.0 Å². The molecule has 0 aromatic carbocycles. The van der Waals surface area contributed by atoms with Gasteiger partial charge in [-0.25, -0.2) is 4.98 Å². The minimum absolute atomic E-state index is 0.118. The van der Waals surface area contributed by atoms with Gasteiger partial charge in [-0.05, 0) is 12.3 Å². The van der Waals surface area contributed by atoms with Crippen LogP contribution in [-0.2, 0) is 18.2 Å². The molecule has 0 unspecified atom stereocenters. The summed E-state index contributed by atoms with van der Waals surface area (Å²) < 4.78 is 7.08. The minimum atomic E-state index is -0.118. The van der Waals surface area contributed by atoms with Crippen molar-refractivity contribution in [2.75, 3.05) is 50.8 Å². The fourth-order valence-corrected chi connectivity index (χ4v) is 3.60. The Bertz CT molecular complexity index is 806. The molecule has 8 heteroatoms. The molecule has 1 aliphatic rings. The molecule has 1 N–H and O–H groups in total. The van der Waals surface area contributed by atoms with E-state index in [1.54, 1.807) is 4.68 Å². The third-order valence-corrected chi connectivity index (χ3v) is 4.91. The average Bonchev–Trinajstić information content (AvgIpc) is 2.95. The molecule has 0 amide bonds. The lowest BCUT2D eigenvalue weighted by atomic mass is 10.2. The molecule has 2 aromatic rings. The fraction of sp³-hybridized carbons (Fsp3) is 0.737. The van der Waals surface area contributed by atoms with Crippen molar-refractivity contribution in [1.29, 1.82) is 0 Å². The van der Waals surface area contributed by atoms with Crippen LogP contribution in [0, 0.1) is 5.92 Å². The first-order chi connectivity index (χ1) is 13.0. The molecular weight excluding hydrogens is 344 g/mol. The van der Waals surface area contributed by atoms with Gasteiger partial charge in [-0.15, -0.1) is 0 Å². The van der Waals surface area contributed by atoms with Crippen molar-refractivity contribution in [3.05, 3.63) is 16.0 Å². The number of aryl methyl sites for hydroxylation is 2. The van der Waals surface area contributed by atoms with Gasteiger partial charge in [-0.3, -0.25) is 19.4 Å². The van der Waals surface area contributed by atoms with Crippen LogP contribution in [0.2, 0.25) is 0 Å². The summed E-state index contributed by atoms with van der Waals surface area (Å²) in [6, 6.07) is 0. The zero-order valence-corrected chi connectivity index (χ0v) is 17.0. The van der Waals surface area contributed by atoms with E-state index in [0.717, 1.165) is 70.0 Å². The Kier molecular flexibility index (Phi) is 6.49. The largest absolute Gasteiger partial charge is 0.379 e. The van der Waals surface area contributed by atoms with Crippen molar-refractivity contribution in [3.8, 4) is 0 Å². The first-order valence-corrected chi connectivity index (χ1v) is 10.0. The lowest BCUT2D eigenvalue weighted by Gasteiger charge is -2.31. The number of nitrogens with zero attached hydrogens (tertiary/aromatic N) is 5. The maximum absolute atomic E-state index is 12.7. The molecular formula is C19H32N6O2. The molecule has 0 saturated carbocycles. The van der Waals surface area contributed by atoms with Crippen LogP contribution in [0.3, 0.4) is 0 Å². The Morgan fingerprint density at radius 2 is 2.04 bits per heavy atom. The van der Waals surface area contributed by atoms with Gasteiger partial charge in [-0.1, -0.05) is 27.2 Å². The Morgan fingerprint density at radius 3 is 2.70 bits per heavy atom. The standard InChI is InChI=1S/C19H32N6O2/c1-5-6-15-16-17(23(4)22-15)18(26)21-19(20-16)25(13-14(2)3)8-7-24-9-11-27-12-10-24/h14H,5-13H2,1-4H3,(H,20,21,26). The molecule has 0 atom stereocenters. The maximum Gasteiger partial charge on any atom is 0.278 e. The van der Waals surface area contributed by atoms with E-state index in [0.29, 0.717) is 17.4 Å². The highest BCUT2D eigenvalue weighted by Crippen LogP contribution is 2.18. The number of fused-ring (bicyclic) bond motifs is 1. The van der Waals surface area contributed by atoms with Crippen LogP contribution in [0.5, 0.6) is 0 Å². The summed E-state index contributed by atoms with van der Waals surface area (Å²) in [5.74, 6) is 1.12. The molecule has 0 bridgehead atoms. The molecule has 8 nitrogen and oxygen atoms in total. The average molecular weight is 377 g/mol. The number of hydrogen-bond acceptors (Lipinski definition) is 6. The third-order valence-electron chi connectivity index (χ3n) is 4.91. The van der Waals surface area contributed by atoms with Gasteiger partial charge in [0.1, 0.15) is 5.52 Å². The molecule has 1 fully saturated rings. The number of aromatic nitrogens is 4. The van der Waals surface area contributed by atoms with Crippen molar-refractivity contribution in [1.82, 2.24) is 24.6 Å². The smallest absolute Gasteiger partial charge is 0.278 e. The van der Waals surface area contributed by atoms with Crippen LogP contribution in [0.4, 0.5) is 5.95 Å². The summed E-state index contributed by atoms with van der Waals surface area (Å²) >= 11 is 0. The lowest BCUT2D eigenvalue weighted by Crippen LogP contribution is -2.43. The topological polar surface area (TPSA) is 79.3 Å². The minimum Gasteiger partial charge on any atom is -0.379 e. The Morgan fingerprint density at radius 1 is 1.30 bits per heavy atom. The SMILES string of the molecule is CCCc1nn(C)c2c(=O)[nH]c(N(CCN3CCOCC3)CC(C)C)nc12. The number of anilines is 1. The fourth-order valence-electron chi connectivity index (χ4n) is 3.60. The van der Waals surface area contributed by atoms with E-state index in [1.807, 2.05) is 7.05 Å². The van der Waals surface area contributed by atoms with Gasteiger partial charge < -0.3 is 9.64 Å². The molecule has 0 aliphatic carbocycles. The van der Waals surface area contributed by atoms with E-state index >= 15 is 0 Å². The second kappa shape index (κ2) is 8.84. The zero-order chi connectivity index (χ0) is 19.4. The van der Waals surface area contributed by atoms with Gasteiger partial charge in [0.2, 0.25) is 5.95 Å². The van der Waals surface area contributed by atoms with E-state index < -0.39 is 0 Å². The zero-order valence-electron chi connectivity index (χ0n) is 17.0. The van der Waals surface area contributed by atoms with E-state index in [9.17, 15) is 4.79 Å². The van der Waals surface area contributed by atoms with Crippen LogP contribution < -0.4 is 10.5 Å². The van der Waals surface area contributed by atoms with Crippen molar-refractivity contribution < 1.29 is 4.74 Å². The van der Waals surface area contributed by atoms with Crippen molar-refractivity contribution >= 4 is 17.0 Å². The third kappa shape index (κ3) is 4.68. The highest BCUT2D eigenvalue weighted by atomic mass is 16.5. The van der Waals surface area contributed by atoms with Gasteiger partial charge in [0.15, 0.2) is 5.52 Å². The Balaban J connectivity index is 1.89. The van der Waals surface area contributed by atoms with Crippen molar-refractivity contribution in [2.45, 2.75) is 33.6 Å². The number of nitrogens with one attached hydrogen (secondary N) is 1.